The van der Waals surface area contributed by atoms with Gasteiger partial charge in [-0.15, -0.1) is 11.8 Å². The Morgan fingerprint density at radius 3 is 2.56 bits per heavy atom. The van der Waals surface area contributed by atoms with E-state index in [9.17, 15) is 4.79 Å². The van der Waals surface area contributed by atoms with Gasteiger partial charge in [0.1, 0.15) is 5.76 Å². The largest absolute Gasteiger partial charge is 0.360 e. The van der Waals surface area contributed by atoms with Crippen molar-refractivity contribution in [2.24, 2.45) is 0 Å². The van der Waals surface area contributed by atoms with Crippen molar-refractivity contribution in [1.82, 2.24) is 20.3 Å². The summed E-state index contributed by atoms with van der Waals surface area (Å²) in [6.07, 6.45) is 0. The molecule has 0 aliphatic rings. The van der Waals surface area contributed by atoms with Gasteiger partial charge in [0.25, 0.3) is 5.91 Å². The molecule has 0 spiro atoms. The number of aromatic nitrogens is 3. The van der Waals surface area contributed by atoms with Crippen LogP contribution in [0.1, 0.15) is 44.3 Å². The first-order valence-corrected chi connectivity index (χ1v) is 11.5. The SMILES string of the molecule is Cc1cc(CSc2ccccc2C(=O)NCc2c(C)nn(Cc3ccccc3)c2C)on1. The molecule has 0 radical (unpaired) electrons. The third-order valence-corrected chi connectivity index (χ3v) is 6.41. The summed E-state index contributed by atoms with van der Waals surface area (Å²) in [5.74, 6) is 1.31. The van der Waals surface area contributed by atoms with Gasteiger partial charge in [0.15, 0.2) is 0 Å². The van der Waals surface area contributed by atoms with E-state index in [-0.39, 0.29) is 5.91 Å². The lowest BCUT2D eigenvalue weighted by molar-refractivity contribution is 0.0948. The summed E-state index contributed by atoms with van der Waals surface area (Å²) in [5.41, 5.74) is 5.75. The molecule has 0 saturated heterocycles. The van der Waals surface area contributed by atoms with E-state index >= 15 is 0 Å². The number of carbonyl (C=O) groups excluding carboxylic acids is 1. The van der Waals surface area contributed by atoms with E-state index in [2.05, 4.69) is 27.7 Å². The standard InChI is InChI=1S/C25H26N4O2S/c1-17-13-21(31-28-17)16-32-24-12-8-7-11-22(24)25(30)26-14-23-18(2)27-29(19(23)3)15-20-9-5-4-6-10-20/h4-13H,14-16H2,1-3H3,(H,26,30). The van der Waals surface area contributed by atoms with Crippen molar-refractivity contribution in [1.29, 1.82) is 0 Å². The van der Waals surface area contributed by atoms with E-state index < -0.39 is 0 Å². The Hall–Kier alpha value is -3.32. The topological polar surface area (TPSA) is 73.0 Å². The van der Waals surface area contributed by atoms with Crippen LogP contribution in [0, 0.1) is 20.8 Å². The lowest BCUT2D eigenvalue weighted by Crippen LogP contribution is -2.24. The first-order chi connectivity index (χ1) is 15.5. The zero-order valence-corrected chi connectivity index (χ0v) is 19.3. The molecule has 1 N–H and O–H groups in total. The third kappa shape index (κ3) is 5.11. The molecule has 2 aromatic carbocycles. The number of aryl methyl sites for hydroxylation is 2. The fourth-order valence-corrected chi connectivity index (χ4v) is 4.50. The molecule has 1 amide bonds. The molecule has 0 aliphatic carbocycles. The van der Waals surface area contributed by atoms with Gasteiger partial charge >= 0.3 is 0 Å². The van der Waals surface area contributed by atoms with Crippen molar-refractivity contribution in [2.75, 3.05) is 0 Å². The number of thioether (sulfide) groups is 1. The Morgan fingerprint density at radius 2 is 1.81 bits per heavy atom. The number of hydrogen-bond acceptors (Lipinski definition) is 5. The molecule has 6 nitrogen and oxygen atoms in total. The highest BCUT2D eigenvalue weighted by Gasteiger charge is 2.16. The number of amides is 1. The second-order valence-corrected chi connectivity index (χ2v) is 8.71. The van der Waals surface area contributed by atoms with Gasteiger partial charge < -0.3 is 9.84 Å². The molecule has 4 rings (SSSR count). The summed E-state index contributed by atoms with van der Waals surface area (Å²) in [6, 6.07) is 19.8. The summed E-state index contributed by atoms with van der Waals surface area (Å²) in [4.78, 5) is 13.9. The van der Waals surface area contributed by atoms with Crippen LogP contribution < -0.4 is 5.32 Å². The van der Waals surface area contributed by atoms with E-state index in [4.69, 9.17) is 4.52 Å². The molecule has 0 fully saturated rings. The van der Waals surface area contributed by atoms with Crippen LogP contribution in [0.15, 0.2) is 70.1 Å². The maximum atomic E-state index is 13.0. The summed E-state index contributed by atoms with van der Waals surface area (Å²) in [7, 11) is 0. The number of rotatable bonds is 8. The minimum Gasteiger partial charge on any atom is -0.360 e. The smallest absolute Gasteiger partial charge is 0.252 e. The maximum Gasteiger partial charge on any atom is 0.252 e. The van der Waals surface area contributed by atoms with E-state index in [1.165, 1.54) is 5.56 Å². The Balaban J connectivity index is 1.43. The number of nitrogens with one attached hydrogen (secondary N) is 1. The first-order valence-electron chi connectivity index (χ1n) is 10.5. The van der Waals surface area contributed by atoms with Gasteiger partial charge in [-0.1, -0.05) is 47.6 Å². The van der Waals surface area contributed by atoms with Gasteiger partial charge in [-0.05, 0) is 38.5 Å². The lowest BCUT2D eigenvalue weighted by Gasteiger charge is -2.10. The molecule has 2 aromatic heterocycles. The van der Waals surface area contributed by atoms with Crippen molar-refractivity contribution >= 4 is 17.7 Å². The zero-order valence-electron chi connectivity index (χ0n) is 18.5. The summed E-state index contributed by atoms with van der Waals surface area (Å²) in [6.45, 7) is 7.07. The fraction of sp³-hybridized carbons (Fsp3) is 0.240. The van der Waals surface area contributed by atoms with Crippen LogP contribution in [-0.4, -0.2) is 20.8 Å². The monoisotopic (exact) mass is 446 g/mol. The fourth-order valence-electron chi connectivity index (χ4n) is 3.58. The van der Waals surface area contributed by atoms with E-state index in [1.54, 1.807) is 11.8 Å². The molecule has 0 bridgehead atoms. The van der Waals surface area contributed by atoms with Crippen molar-refractivity contribution in [3.05, 3.63) is 100 Å². The van der Waals surface area contributed by atoms with Crippen LogP contribution in [0.3, 0.4) is 0 Å². The van der Waals surface area contributed by atoms with Crippen molar-refractivity contribution in [3.63, 3.8) is 0 Å². The van der Waals surface area contributed by atoms with Crippen molar-refractivity contribution in [3.8, 4) is 0 Å². The summed E-state index contributed by atoms with van der Waals surface area (Å²) >= 11 is 1.56. The molecule has 2 heterocycles. The van der Waals surface area contributed by atoms with Crippen molar-refractivity contribution in [2.45, 2.75) is 44.5 Å². The van der Waals surface area contributed by atoms with Gasteiger partial charge in [0, 0.05) is 28.8 Å². The Labute approximate surface area is 192 Å². The van der Waals surface area contributed by atoms with Gasteiger partial charge in [-0.2, -0.15) is 5.10 Å². The summed E-state index contributed by atoms with van der Waals surface area (Å²) < 4.78 is 7.28. The predicted octanol–water partition coefficient (Wildman–Crippen LogP) is 5.07. The van der Waals surface area contributed by atoms with Crippen molar-refractivity contribution < 1.29 is 9.32 Å². The molecular weight excluding hydrogens is 420 g/mol. The van der Waals surface area contributed by atoms with Crippen LogP contribution in [0.2, 0.25) is 0 Å². The Bertz CT molecular complexity index is 1210. The van der Waals surface area contributed by atoms with Gasteiger partial charge in [0.05, 0.1) is 29.2 Å². The molecule has 0 aliphatic heterocycles. The number of nitrogens with zero attached hydrogens (tertiary/aromatic N) is 3. The highest BCUT2D eigenvalue weighted by molar-refractivity contribution is 7.98. The lowest BCUT2D eigenvalue weighted by atomic mass is 10.1. The average molecular weight is 447 g/mol. The van der Waals surface area contributed by atoms with Gasteiger partial charge in [-0.3, -0.25) is 9.48 Å². The maximum absolute atomic E-state index is 13.0. The molecule has 0 saturated carbocycles. The van der Waals surface area contributed by atoms with Crippen LogP contribution >= 0.6 is 11.8 Å². The minimum absolute atomic E-state index is 0.101. The van der Waals surface area contributed by atoms with E-state index in [1.807, 2.05) is 74.0 Å². The molecule has 0 unspecified atom stereocenters. The number of benzene rings is 2. The number of carbonyl (C=O) groups is 1. The second-order valence-electron chi connectivity index (χ2n) is 7.69. The molecule has 4 aromatic rings. The Morgan fingerprint density at radius 1 is 1.06 bits per heavy atom. The normalized spacial score (nSPS) is 11.0. The average Bonchev–Trinajstić information content (AvgIpc) is 3.33. The van der Waals surface area contributed by atoms with Crippen LogP contribution in [-0.2, 0) is 18.8 Å². The van der Waals surface area contributed by atoms with Gasteiger partial charge in [-0.25, -0.2) is 0 Å². The molecule has 32 heavy (non-hydrogen) atoms. The molecule has 0 atom stereocenters. The highest BCUT2D eigenvalue weighted by Crippen LogP contribution is 2.27. The van der Waals surface area contributed by atoms with Crippen LogP contribution in [0.5, 0.6) is 0 Å². The predicted molar refractivity (Wildman–Crippen MR) is 126 cm³/mol. The van der Waals surface area contributed by atoms with E-state index in [0.717, 1.165) is 33.3 Å². The molecule has 164 valence electrons. The molecule has 7 heteroatoms. The highest BCUT2D eigenvalue weighted by atomic mass is 32.2. The summed E-state index contributed by atoms with van der Waals surface area (Å²) in [5, 5.41) is 11.7. The third-order valence-electron chi connectivity index (χ3n) is 5.31. The Kier molecular flexibility index (Phi) is 6.75. The first kappa shape index (κ1) is 21.9. The van der Waals surface area contributed by atoms with Crippen LogP contribution in [0.4, 0.5) is 0 Å². The van der Waals surface area contributed by atoms with E-state index in [0.29, 0.717) is 24.4 Å². The number of hydrogen-bond donors (Lipinski definition) is 1. The zero-order chi connectivity index (χ0) is 22.5. The molecular formula is C25H26N4O2S. The quantitative estimate of drug-likeness (QED) is 0.383. The minimum atomic E-state index is -0.101. The van der Waals surface area contributed by atoms with Crippen LogP contribution in [0.25, 0.3) is 0 Å². The second kappa shape index (κ2) is 9.87. The van der Waals surface area contributed by atoms with Gasteiger partial charge in [0.2, 0.25) is 0 Å².